The minimum Gasteiger partial charge on any atom is -0.318 e. The molecule has 5 heteroatoms. The van der Waals surface area contributed by atoms with Crippen molar-refractivity contribution in [3.8, 4) is 5.69 Å². The number of nitrogens with zero attached hydrogens (tertiary/aromatic N) is 2. The predicted octanol–water partition coefficient (Wildman–Crippen LogP) is 5.00. The Morgan fingerprint density at radius 2 is 1.89 bits per heavy atom. The Hall–Kier alpha value is -3.18. The predicted molar refractivity (Wildman–Crippen MR) is 117 cm³/mol. The lowest BCUT2D eigenvalue weighted by Gasteiger charge is -2.11. The van der Waals surface area contributed by atoms with Crippen LogP contribution in [0.15, 0.2) is 71.1 Å². The Morgan fingerprint density at radius 1 is 1.07 bits per heavy atom. The number of fused-ring (bicyclic) bond motifs is 1. The molecule has 140 valence electrons. The lowest BCUT2D eigenvalue weighted by atomic mass is 10.1. The van der Waals surface area contributed by atoms with Crippen molar-refractivity contribution >= 4 is 34.2 Å². The van der Waals surface area contributed by atoms with Crippen LogP contribution < -0.4 is 5.43 Å². The van der Waals surface area contributed by atoms with E-state index in [2.05, 4.69) is 77.5 Å². The molecule has 0 atom stereocenters. The van der Waals surface area contributed by atoms with Crippen molar-refractivity contribution in [1.29, 1.82) is 0 Å². The van der Waals surface area contributed by atoms with Crippen LogP contribution in [0.5, 0.6) is 0 Å². The van der Waals surface area contributed by atoms with Gasteiger partial charge in [0.25, 0.3) is 0 Å². The summed E-state index contributed by atoms with van der Waals surface area (Å²) in [4.78, 5) is 13.0. The van der Waals surface area contributed by atoms with Gasteiger partial charge >= 0.3 is 0 Å². The molecule has 0 aliphatic carbocycles. The molecule has 0 aliphatic rings. The number of thiophene rings is 1. The van der Waals surface area contributed by atoms with E-state index < -0.39 is 0 Å². The summed E-state index contributed by atoms with van der Waals surface area (Å²) in [6.45, 7) is 4.14. The number of hydrogen-bond donors (Lipinski definition) is 1. The first-order valence-corrected chi connectivity index (χ1v) is 10.0. The molecular formula is C23H21N3OS. The molecule has 2 aromatic heterocycles. The molecule has 0 saturated carbocycles. The lowest BCUT2D eigenvalue weighted by Crippen LogP contribution is -2.19. The van der Waals surface area contributed by atoms with Gasteiger partial charge in [-0.15, -0.1) is 11.3 Å². The van der Waals surface area contributed by atoms with Crippen molar-refractivity contribution in [3.63, 3.8) is 0 Å². The molecule has 0 bridgehead atoms. The maximum atomic E-state index is 12.0. The number of hydrazone groups is 1. The molecule has 2 heterocycles. The third-order valence-corrected chi connectivity index (χ3v) is 5.65. The van der Waals surface area contributed by atoms with Crippen LogP contribution >= 0.6 is 11.3 Å². The van der Waals surface area contributed by atoms with Crippen molar-refractivity contribution < 1.29 is 4.79 Å². The zero-order valence-electron chi connectivity index (χ0n) is 15.8. The maximum absolute atomic E-state index is 12.0. The maximum Gasteiger partial charge on any atom is 0.245 e. The number of nitrogens with one attached hydrogen (secondary N) is 1. The molecule has 0 aliphatic heterocycles. The van der Waals surface area contributed by atoms with Gasteiger partial charge in [0.1, 0.15) is 0 Å². The molecule has 1 N–H and O–H groups in total. The molecular weight excluding hydrogens is 366 g/mol. The topological polar surface area (TPSA) is 46.4 Å². The summed E-state index contributed by atoms with van der Waals surface area (Å²) in [6, 6.07) is 20.8. The van der Waals surface area contributed by atoms with Crippen LogP contribution in [0.2, 0.25) is 0 Å². The molecule has 0 radical (unpaired) electrons. The Bertz CT molecular complexity index is 1160. The summed E-state index contributed by atoms with van der Waals surface area (Å²) < 4.78 is 2.21. The first-order chi connectivity index (χ1) is 13.6. The molecule has 1 amide bonds. The second kappa shape index (κ2) is 7.82. The smallest absolute Gasteiger partial charge is 0.245 e. The Morgan fingerprint density at radius 3 is 2.68 bits per heavy atom. The van der Waals surface area contributed by atoms with Gasteiger partial charge < -0.3 is 4.57 Å². The second-order valence-corrected chi connectivity index (χ2v) is 7.77. The fourth-order valence-electron chi connectivity index (χ4n) is 3.42. The number of hydrogen-bond acceptors (Lipinski definition) is 3. The third kappa shape index (κ3) is 3.75. The van der Waals surface area contributed by atoms with Crippen LogP contribution in [0.1, 0.15) is 21.8 Å². The summed E-state index contributed by atoms with van der Waals surface area (Å²) in [7, 11) is 0. The minimum atomic E-state index is -0.109. The molecule has 28 heavy (non-hydrogen) atoms. The highest BCUT2D eigenvalue weighted by atomic mass is 32.1. The van der Waals surface area contributed by atoms with Crippen molar-refractivity contribution in [2.75, 3.05) is 0 Å². The van der Waals surface area contributed by atoms with Gasteiger partial charge in [0.15, 0.2) is 0 Å². The van der Waals surface area contributed by atoms with Crippen LogP contribution in [0.4, 0.5) is 0 Å². The summed E-state index contributed by atoms with van der Waals surface area (Å²) in [5.74, 6) is -0.109. The molecule has 4 aromatic rings. The highest BCUT2D eigenvalue weighted by Gasteiger charge is 2.10. The van der Waals surface area contributed by atoms with E-state index in [1.165, 1.54) is 10.8 Å². The number of rotatable bonds is 5. The molecule has 4 nitrogen and oxygen atoms in total. The summed E-state index contributed by atoms with van der Waals surface area (Å²) in [5, 5.41) is 8.55. The molecule has 2 aromatic carbocycles. The third-order valence-electron chi connectivity index (χ3n) is 4.77. The van der Waals surface area contributed by atoms with Gasteiger partial charge in [-0.2, -0.15) is 5.10 Å². The Kier molecular flexibility index (Phi) is 5.08. The molecule has 4 rings (SSSR count). The lowest BCUT2D eigenvalue weighted by molar-refractivity contribution is -0.120. The fourth-order valence-corrected chi connectivity index (χ4v) is 4.12. The normalized spacial score (nSPS) is 11.4. The van der Waals surface area contributed by atoms with E-state index in [-0.39, 0.29) is 5.91 Å². The minimum absolute atomic E-state index is 0.109. The monoisotopic (exact) mass is 387 g/mol. The summed E-state index contributed by atoms with van der Waals surface area (Å²) in [6.07, 6.45) is 2.07. The van der Waals surface area contributed by atoms with E-state index in [9.17, 15) is 4.79 Å². The van der Waals surface area contributed by atoms with Crippen molar-refractivity contribution in [2.24, 2.45) is 5.10 Å². The number of carbonyl (C=O) groups excluding carboxylic acids is 1. The molecule has 0 spiro atoms. The largest absolute Gasteiger partial charge is 0.318 e. The Labute approximate surface area is 168 Å². The molecule has 0 unspecified atom stereocenters. The van der Waals surface area contributed by atoms with Crippen molar-refractivity contribution in [3.05, 3.63) is 87.9 Å². The number of amides is 1. The highest BCUT2D eigenvalue weighted by molar-refractivity contribution is 7.10. The summed E-state index contributed by atoms with van der Waals surface area (Å²) in [5.41, 5.74) is 6.94. The van der Waals surface area contributed by atoms with Gasteiger partial charge in [-0.25, -0.2) is 5.43 Å². The van der Waals surface area contributed by atoms with E-state index in [1.54, 1.807) is 17.6 Å². The number of aryl methyl sites for hydroxylation is 1. The van der Waals surface area contributed by atoms with Gasteiger partial charge in [-0.1, -0.05) is 36.4 Å². The van der Waals surface area contributed by atoms with Crippen LogP contribution in [-0.4, -0.2) is 16.7 Å². The van der Waals surface area contributed by atoms with Gasteiger partial charge in [0.2, 0.25) is 5.91 Å². The van der Waals surface area contributed by atoms with E-state index in [4.69, 9.17) is 0 Å². The van der Waals surface area contributed by atoms with Crippen LogP contribution in [0.3, 0.4) is 0 Å². The summed E-state index contributed by atoms with van der Waals surface area (Å²) >= 11 is 1.57. The zero-order valence-corrected chi connectivity index (χ0v) is 16.7. The number of aromatic nitrogens is 1. The van der Waals surface area contributed by atoms with Gasteiger partial charge in [-0.3, -0.25) is 4.79 Å². The van der Waals surface area contributed by atoms with Crippen molar-refractivity contribution in [2.45, 2.75) is 20.3 Å². The average Bonchev–Trinajstić information content (AvgIpc) is 3.29. The second-order valence-electron chi connectivity index (χ2n) is 6.74. The standard InChI is InChI=1S/C23H21N3OS/c1-16-12-20(15-24-25-23(27)14-22-8-5-11-28-22)17(2)26(16)21-10-9-18-6-3-4-7-19(18)13-21/h3-13,15H,14H2,1-2H3,(H,25,27)/b24-15-. The molecule has 0 fully saturated rings. The first kappa shape index (κ1) is 18.2. The average molecular weight is 388 g/mol. The van der Waals surface area contributed by atoms with E-state index in [0.29, 0.717) is 6.42 Å². The van der Waals surface area contributed by atoms with Crippen LogP contribution in [-0.2, 0) is 11.2 Å². The Balaban J connectivity index is 1.54. The quantitative estimate of drug-likeness (QED) is 0.380. The van der Waals surface area contributed by atoms with Crippen LogP contribution in [0.25, 0.3) is 16.5 Å². The number of carbonyl (C=O) groups is 1. The highest BCUT2D eigenvalue weighted by Crippen LogP contribution is 2.23. The van der Waals surface area contributed by atoms with Gasteiger partial charge in [0.05, 0.1) is 12.6 Å². The van der Waals surface area contributed by atoms with Gasteiger partial charge in [0, 0.05) is 27.5 Å². The van der Waals surface area contributed by atoms with E-state index in [1.807, 2.05) is 17.5 Å². The van der Waals surface area contributed by atoms with Crippen LogP contribution in [0, 0.1) is 13.8 Å². The van der Waals surface area contributed by atoms with E-state index in [0.717, 1.165) is 27.5 Å². The van der Waals surface area contributed by atoms with E-state index >= 15 is 0 Å². The SMILES string of the molecule is Cc1cc(/C=N\NC(=O)Cc2cccs2)c(C)n1-c1ccc2ccccc2c1. The molecule has 0 saturated heterocycles. The first-order valence-electron chi connectivity index (χ1n) is 9.14. The van der Waals surface area contributed by atoms with Gasteiger partial charge in [-0.05, 0) is 54.3 Å². The zero-order chi connectivity index (χ0) is 19.5. The van der Waals surface area contributed by atoms with Crippen molar-refractivity contribution in [1.82, 2.24) is 9.99 Å². The fraction of sp³-hybridized carbons (Fsp3) is 0.130. The number of benzene rings is 2.